The second-order valence-electron chi connectivity index (χ2n) is 9.51. The lowest BCUT2D eigenvalue weighted by atomic mass is 10.1. The molecule has 2 N–H and O–H groups in total. The Morgan fingerprint density at radius 3 is 2.54 bits per heavy atom. The van der Waals surface area contributed by atoms with E-state index in [9.17, 15) is 4.79 Å². The van der Waals surface area contributed by atoms with Gasteiger partial charge in [0.15, 0.2) is 11.0 Å². The molecular formula is C26H33N7OS. The van der Waals surface area contributed by atoms with Crippen LogP contribution < -0.4 is 10.2 Å². The molecule has 0 unspecified atom stereocenters. The van der Waals surface area contributed by atoms with Crippen LogP contribution >= 0.6 is 11.8 Å². The summed E-state index contributed by atoms with van der Waals surface area (Å²) in [7, 11) is 2.16. The van der Waals surface area contributed by atoms with Crippen molar-refractivity contribution in [3.05, 3.63) is 47.2 Å². The molecule has 5 rings (SSSR count). The average Bonchev–Trinajstić information content (AvgIpc) is 3.62. The second kappa shape index (κ2) is 10.4. The predicted octanol–water partition coefficient (Wildman–Crippen LogP) is 4.24. The van der Waals surface area contributed by atoms with Crippen LogP contribution in [-0.2, 0) is 17.6 Å². The van der Waals surface area contributed by atoms with E-state index >= 15 is 0 Å². The van der Waals surface area contributed by atoms with Crippen LogP contribution in [0.15, 0.2) is 40.4 Å². The summed E-state index contributed by atoms with van der Waals surface area (Å²) in [5, 5.41) is 11.6. The molecule has 0 spiro atoms. The summed E-state index contributed by atoms with van der Waals surface area (Å²) in [5.74, 6) is 3.16. The quantitative estimate of drug-likeness (QED) is 0.430. The minimum Gasteiger partial charge on any atom is -0.354 e. The number of nitrogens with zero attached hydrogens (tertiary/aromatic N) is 5. The summed E-state index contributed by atoms with van der Waals surface area (Å²) >= 11 is 1.54. The lowest BCUT2D eigenvalue weighted by Gasteiger charge is -2.34. The number of Topliss-reactive ketones (excluding diaryl/α,β-unsaturated/α-hetero) is 1. The number of carbonyl (C=O) groups excluding carboxylic acids is 1. The topological polar surface area (TPSA) is 90.0 Å². The van der Waals surface area contributed by atoms with Crippen molar-refractivity contribution < 1.29 is 4.79 Å². The standard InChI is InChI=1S/C26H33N7OS/c1-4-20-16-23(31-30-20)27-24-17(2)25(33-13-11-32(3)12-14-33)29-26(28-24)35-21-9-5-18(6-10-21)15-22(34)19-7-8-19/h5-6,9-10,16,19H,4,7-8,11-15H2,1-3H3,(H2,27,28,29,30,31). The van der Waals surface area contributed by atoms with Crippen LogP contribution in [0, 0.1) is 12.8 Å². The highest BCUT2D eigenvalue weighted by molar-refractivity contribution is 7.99. The van der Waals surface area contributed by atoms with Gasteiger partial charge in [0.25, 0.3) is 0 Å². The molecule has 0 amide bonds. The Labute approximate surface area is 210 Å². The summed E-state index contributed by atoms with van der Waals surface area (Å²) in [6.45, 7) is 8.06. The molecule has 2 fully saturated rings. The van der Waals surface area contributed by atoms with Gasteiger partial charge in [0.2, 0.25) is 0 Å². The third-order valence-electron chi connectivity index (χ3n) is 6.70. The summed E-state index contributed by atoms with van der Waals surface area (Å²) in [6.07, 6.45) is 3.54. The Morgan fingerprint density at radius 1 is 1.14 bits per heavy atom. The number of carbonyl (C=O) groups is 1. The number of ketones is 1. The third kappa shape index (κ3) is 5.85. The zero-order chi connectivity index (χ0) is 24.4. The monoisotopic (exact) mass is 491 g/mol. The second-order valence-corrected chi connectivity index (χ2v) is 10.6. The van der Waals surface area contributed by atoms with Crippen molar-refractivity contribution in [2.45, 2.75) is 49.6 Å². The summed E-state index contributed by atoms with van der Waals surface area (Å²) in [6, 6.07) is 10.2. The number of aromatic amines is 1. The molecule has 3 heterocycles. The Kier molecular flexibility index (Phi) is 7.06. The first-order valence-corrected chi connectivity index (χ1v) is 13.2. The van der Waals surface area contributed by atoms with Gasteiger partial charge in [-0.1, -0.05) is 19.1 Å². The van der Waals surface area contributed by atoms with Crippen molar-refractivity contribution in [1.29, 1.82) is 0 Å². The first-order chi connectivity index (χ1) is 17.0. The molecule has 1 aromatic carbocycles. The summed E-state index contributed by atoms with van der Waals surface area (Å²) in [5.41, 5.74) is 3.17. The van der Waals surface area contributed by atoms with E-state index in [4.69, 9.17) is 9.97 Å². The molecular weight excluding hydrogens is 458 g/mol. The number of piperazine rings is 1. The van der Waals surface area contributed by atoms with Crippen LogP contribution in [0.25, 0.3) is 0 Å². The largest absolute Gasteiger partial charge is 0.354 e. The Morgan fingerprint density at radius 2 is 1.89 bits per heavy atom. The van der Waals surface area contributed by atoms with E-state index < -0.39 is 0 Å². The van der Waals surface area contributed by atoms with E-state index in [2.05, 4.69) is 58.3 Å². The van der Waals surface area contributed by atoms with Gasteiger partial charge < -0.3 is 15.1 Å². The van der Waals surface area contributed by atoms with Gasteiger partial charge in [-0.25, -0.2) is 9.97 Å². The van der Waals surface area contributed by atoms with Gasteiger partial charge in [-0.15, -0.1) is 0 Å². The molecule has 3 aromatic rings. The Bertz CT molecular complexity index is 1180. The van der Waals surface area contributed by atoms with Gasteiger partial charge >= 0.3 is 0 Å². The van der Waals surface area contributed by atoms with Crippen LogP contribution in [-0.4, -0.2) is 64.1 Å². The third-order valence-corrected chi connectivity index (χ3v) is 7.58. The molecule has 2 aliphatic rings. The number of aryl methyl sites for hydroxylation is 1. The van der Waals surface area contributed by atoms with Crippen LogP contribution in [0.4, 0.5) is 17.5 Å². The van der Waals surface area contributed by atoms with Crippen LogP contribution in [0.3, 0.4) is 0 Å². The van der Waals surface area contributed by atoms with Crippen molar-refractivity contribution >= 4 is 35.0 Å². The number of aromatic nitrogens is 4. The molecule has 1 aliphatic carbocycles. The van der Waals surface area contributed by atoms with Gasteiger partial charge in [-0.05, 0) is 62.7 Å². The normalized spacial score (nSPS) is 16.5. The minimum atomic E-state index is 0.298. The molecule has 1 saturated heterocycles. The summed E-state index contributed by atoms with van der Waals surface area (Å²) in [4.78, 5) is 27.7. The van der Waals surface area contributed by atoms with Gasteiger partial charge in [-0.3, -0.25) is 9.89 Å². The van der Waals surface area contributed by atoms with Gasteiger partial charge in [0, 0.05) is 60.7 Å². The van der Waals surface area contributed by atoms with Crippen molar-refractivity contribution in [2.24, 2.45) is 5.92 Å². The first-order valence-electron chi connectivity index (χ1n) is 12.4. The number of benzene rings is 1. The number of hydrogen-bond acceptors (Lipinski definition) is 8. The molecule has 35 heavy (non-hydrogen) atoms. The van der Waals surface area contributed by atoms with Crippen LogP contribution in [0.5, 0.6) is 0 Å². The number of hydrogen-bond donors (Lipinski definition) is 2. The number of H-pyrrole nitrogens is 1. The SMILES string of the molecule is CCc1cc(Nc2nc(Sc3ccc(CC(=O)C4CC4)cc3)nc(N3CCN(C)CC3)c2C)n[nH]1. The van der Waals surface area contributed by atoms with Gasteiger partial charge in [-0.2, -0.15) is 5.10 Å². The minimum absolute atomic E-state index is 0.298. The van der Waals surface area contributed by atoms with Crippen molar-refractivity contribution in [3.8, 4) is 0 Å². The molecule has 1 saturated carbocycles. The molecule has 1 aliphatic heterocycles. The molecule has 0 bridgehead atoms. The van der Waals surface area contributed by atoms with Gasteiger partial charge in [0.05, 0.1) is 0 Å². The van der Waals surface area contributed by atoms with Crippen LogP contribution in [0.2, 0.25) is 0 Å². The fourth-order valence-electron chi connectivity index (χ4n) is 4.24. The fraction of sp³-hybridized carbons (Fsp3) is 0.462. The summed E-state index contributed by atoms with van der Waals surface area (Å²) < 4.78 is 0. The zero-order valence-corrected chi connectivity index (χ0v) is 21.5. The Balaban J connectivity index is 1.39. The lowest BCUT2D eigenvalue weighted by Crippen LogP contribution is -2.45. The van der Waals surface area contributed by atoms with E-state index in [1.165, 1.54) is 0 Å². The first kappa shape index (κ1) is 23.8. The lowest BCUT2D eigenvalue weighted by molar-refractivity contribution is -0.119. The van der Waals surface area contributed by atoms with E-state index in [1.807, 2.05) is 18.2 Å². The number of likely N-dealkylation sites (N-methyl/N-ethyl adjacent to an activating group) is 1. The van der Waals surface area contributed by atoms with Crippen molar-refractivity contribution in [2.75, 3.05) is 43.4 Å². The van der Waals surface area contributed by atoms with Crippen molar-refractivity contribution in [1.82, 2.24) is 25.1 Å². The maximum atomic E-state index is 12.2. The highest BCUT2D eigenvalue weighted by Crippen LogP contribution is 2.34. The van der Waals surface area contributed by atoms with Crippen molar-refractivity contribution in [3.63, 3.8) is 0 Å². The molecule has 9 heteroatoms. The van der Waals surface area contributed by atoms with E-state index in [1.54, 1.807) is 11.8 Å². The highest BCUT2D eigenvalue weighted by Gasteiger charge is 2.29. The predicted molar refractivity (Wildman–Crippen MR) is 140 cm³/mol. The maximum absolute atomic E-state index is 12.2. The zero-order valence-electron chi connectivity index (χ0n) is 20.7. The molecule has 8 nitrogen and oxygen atoms in total. The fourth-order valence-corrected chi connectivity index (χ4v) is 4.99. The number of nitrogens with one attached hydrogen (secondary N) is 2. The van der Waals surface area contributed by atoms with E-state index in [0.29, 0.717) is 23.3 Å². The van der Waals surface area contributed by atoms with Crippen LogP contribution in [0.1, 0.15) is 36.6 Å². The maximum Gasteiger partial charge on any atom is 0.196 e. The number of rotatable bonds is 9. The molecule has 0 radical (unpaired) electrons. The molecule has 184 valence electrons. The van der Waals surface area contributed by atoms with Gasteiger partial charge in [0.1, 0.15) is 17.4 Å². The smallest absolute Gasteiger partial charge is 0.196 e. The van der Waals surface area contributed by atoms with E-state index in [-0.39, 0.29) is 0 Å². The molecule has 2 aromatic heterocycles. The molecule has 0 atom stereocenters. The Hall–Kier alpha value is -2.91. The average molecular weight is 492 g/mol. The number of anilines is 3. The van der Waals surface area contributed by atoms with E-state index in [0.717, 1.165) is 84.6 Å². The highest BCUT2D eigenvalue weighted by atomic mass is 32.2.